The number of Topliss-reactive ketones (excluding diaryl/α,β-unsaturated/α-hetero) is 1. The molecule has 0 aliphatic carbocycles. The van der Waals surface area contributed by atoms with E-state index in [9.17, 15) is 18.4 Å². The third-order valence-corrected chi connectivity index (χ3v) is 2.11. The lowest BCUT2D eigenvalue weighted by atomic mass is 10.0. The standard InChI is InChI=1S/C11H10F2O3/c1-6-5-7(11(15)16-2)3-4-8(6)9(14)10(12)13/h3-5,10H,1-2H3. The van der Waals surface area contributed by atoms with E-state index < -0.39 is 18.2 Å². The van der Waals surface area contributed by atoms with Crippen molar-refractivity contribution in [2.24, 2.45) is 0 Å². The van der Waals surface area contributed by atoms with E-state index in [1.54, 1.807) is 0 Å². The molecular weight excluding hydrogens is 218 g/mol. The van der Waals surface area contributed by atoms with Crippen molar-refractivity contribution in [1.29, 1.82) is 0 Å². The van der Waals surface area contributed by atoms with E-state index in [1.807, 2.05) is 0 Å². The molecule has 1 rings (SSSR count). The van der Waals surface area contributed by atoms with Gasteiger partial charge >= 0.3 is 12.4 Å². The smallest absolute Gasteiger partial charge is 0.337 e. The van der Waals surface area contributed by atoms with Crippen LogP contribution in [-0.4, -0.2) is 25.3 Å². The van der Waals surface area contributed by atoms with Gasteiger partial charge in [-0.2, -0.15) is 0 Å². The molecule has 0 spiro atoms. The number of benzene rings is 1. The van der Waals surface area contributed by atoms with Crippen LogP contribution in [-0.2, 0) is 4.74 Å². The SMILES string of the molecule is COC(=O)c1ccc(C(=O)C(F)F)c(C)c1. The zero-order valence-corrected chi connectivity index (χ0v) is 8.79. The summed E-state index contributed by atoms with van der Waals surface area (Å²) in [6.45, 7) is 1.49. The average Bonchev–Trinajstić information content (AvgIpc) is 2.26. The molecule has 0 bridgehead atoms. The highest BCUT2D eigenvalue weighted by molar-refractivity contribution is 6.00. The number of methoxy groups -OCH3 is 1. The number of alkyl halides is 2. The molecule has 0 saturated carbocycles. The van der Waals surface area contributed by atoms with E-state index in [0.29, 0.717) is 5.56 Å². The monoisotopic (exact) mass is 228 g/mol. The van der Waals surface area contributed by atoms with E-state index in [1.165, 1.54) is 32.2 Å². The molecular formula is C11H10F2O3. The van der Waals surface area contributed by atoms with Crippen molar-refractivity contribution >= 4 is 11.8 Å². The molecule has 1 aromatic rings. The molecule has 0 radical (unpaired) electrons. The number of aryl methyl sites for hydroxylation is 1. The summed E-state index contributed by atoms with van der Waals surface area (Å²) in [6, 6.07) is 3.84. The van der Waals surface area contributed by atoms with Crippen molar-refractivity contribution in [1.82, 2.24) is 0 Å². The highest BCUT2D eigenvalue weighted by Gasteiger charge is 2.20. The molecule has 0 atom stereocenters. The van der Waals surface area contributed by atoms with Crippen LogP contribution in [0.25, 0.3) is 0 Å². The predicted molar refractivity (Wildman–Crippen MR) is 52.9 cm³/mol. The first-order chi connectivity index (χ1) is 7.47. The van der Waals surface area contributed by atoms with Crippen LogP contribution in [0.1, 0.15) is 26.3 Å². The lowest BCUT2D eigenvalue weighted by Crippen LogP contribution is -2.12. The summed E-state index contributed by atoms with van der Waals surface area (Å²) in [5.74, 6) is -1.81. The van der Waals surface area contributed by atoms with Crippen molar-refractivity contribution in [3.8, 4) is 0 Å². The number of carbonyl (C=O) groups excluding carboxylic acids is 2. The van der Waals surface area contributed by atoms with E-state index in [0.717, 1.165) is 0 Å². The fraction of sp³-hybridized carbons (Fsp3) is 0.273. The Morgan fingerprint density at radius 2 is 1.94 bits per heavy atom. The summed E-state index contributed by atoms with van der Waals surface area (Å²) in [7, 11) is 1.22. The van der Waals surface area contributed by atoms with Gasteiger partial charge < -0.3 is 4.74 Å². The molecule has 0 heterocycles. The first-order valence-corrected chi connectivity index (χ1v) is 4.48. The molecule has 0 amide bonds. The van der Waals surface area contributed by atoms with E-state index in [4.69, 9.17) is 0 Å². The fourth-order valence-corrected chi connectivity index (χ4v) is 1.30. The number of rotatable bonds is 3. The van der Waals surface area contributed by atoms with Crippen LogP contribution in [0, 0.1) is 6.92 Å². The van der Waals surface area contributed by atoms with Crippen molar-refractivity contribution < 1.29 is 23.1 Å². The van der Waals surface area contributed by atoms with Crippen molar-refractivity contribution in [2.75, 3.05) is 7.11 Å². The number of esters is 1. The van der Waals surface area contributed by atoms with Crippen LogP contribution in [0.5, 0.6) is 0 Å². The summed E-state index contributed by atoms with van der Waals surface area (Å²) in [6.07, 6.45) is -3.04. The van der Waals surface area contributed by atoms with Crippen LogP contribution < -0.4 is 0 Å². The van der Waals surface area contributed by atoms with Gasteiger partial charge in [0.05, 0.1) is 12.7 Å². The lowest BCUT2D eigenvalue weighted by molar-refractivity contribution is 0.0599. The van der Waals surface area contributed by atoms with Crippen LogP contribution in [0.3, 0.4) is 0 Å². The largest absolute Gasteiger partial charge is 0.465 e. The summed E-state index contributed by atoms with van der Waals surface area (Å²) < 4.78 is 28.8. The minimum atomic E-state index is -3.04. The number of carbonyl (C=O) groups is 2. The average molecular weight is 228 g/mol. The maximum Gasteiger partial charge on any atom is 0.337 e. The number of hydrogen-bond donors (Lipinski definition) is 0. The van der Waals surface area contributed by atoms with Gasteiger partial charge in [0.25, 0.3) is 0 Å². The van der Waals surface area contributed by atoms with E-state index in [2.05, 4.69) is 4.74 Å². The van der Waals surface area contributed by atoms with Crippen LogP contribution in [0.4, 0.5) is 8.78 Å². The minimum absolute atomic E-state index is 0.0809. The van der Waals surface area contributed by atoms with Crippen LogP contribution >= 0.6 is 0 Å². The lowest BCUT2D eigenvalue weighted by Gasteiger charge is -2.06. The molecule has 0 aliphatic heterocycles. The Labute approximate surface area is 91.0 Å². The van der Waals surface area contributed by atoms with Crippen molar-refractivity contribution in [3.05, 3.63) is 34.9 Å². The van der Waals surface area contributed by atoms with Crippen LogP contribution in [0.15, 0.2) is 18.2 Å². The predicted octanol–water partition coefficient (Wildman–Crippen LogP) is 2.23. The highest BCUT2D eigenvalue weighted by Crippen LogP contribution is 2.15. The zero-order chi connectivity index (χ0) is 12.3. The quantitative estimate of drug-likeness (QED) is 0.588. The summed E-state index contributed by atoms with van der Waals surface area (Å²) >= 11 is 0. The van der Waals surface area contributed by atoms with Gasteiger partial charge in [0.1, 0.15) is 0 Å². The van der Waals surface area contributed by atoms with E-state index >= 15 is 0 Å². The first-order valence-electron chi connectivity index (χ1n) is 4.48. The Hall–Kier alpha value is -1.78. The topological polar surface area (TPSA) is 43.4 Å². The second-order valence-corrected chi connectivity index (χ2v) is 3.19. The van der Waals surface area contributed by atoms with Crippen LogP contribution in [0.2, 0.25) is 0 Å². The Morgan fingerprint density at radius 3 is 2.38 bits per heavy atom. The summed E-state index contributed by atoms with van der Waals surface area (Å²) in [4.78, 5) is 22.2. The van der Waals surface area contributed by atoms with Gasteiger partial charge in [0, 0.05) is 5.56 Å². The molecule has 86 valence electrons. The molecule has 0 aliphatic rings. The molecule has 1 aromatic carbocycles. The van der Waals surface area contributed by atoms with E-state index in [-0.39, 0.29) is 11.1 Å². The van der Waals surface area contributed by atoms with Crippen molar-refractivity contribution in [2.45, 2.75) is 13.3 Å². The van der Waals surface area contributed by atoms with Gasteiger partial charge in [-0.05, 0) is 24.6 Å². The number of ketones is 1. The number of ether oxygens (including phenoxy) is 1. The number of halogens is 2. The molecule has 0 fully saturated rings. The summed E-state index contributed by atoms with van der Waals surface area (Å²) in [5.41, 5.74) is 0.474. The van der Waals surface area contributed by atoms with Gasteiger partial charge in [-0.15, -0.1) is 0 Å². The maximum absolute atomic E-state index is 12.2. The minimum Gasteiger partial charge on any atom is -0.465 e. The van der Waals surface area contributed by atoms with Gasteiger partial charge in [-0.25, -0.2) is 13.6 Å². The van der Waals surface area contributed by atoms with Gasteiger partial charge in [0.15, 0.2) is 0 Å². The Kier molecular flexibility index (Phi) is 3.71. The Balaban J connectivity index is 3.10. The fourth-order valence-electron chi connectivity index (χ4n) is 1.30. The second-order valence-electron chi connectivity index (χ2n) is 3.19. The molecule has 5 heteroatoms. The third kappa shape index (κ3) is 2.42. The zero-order valence-electron chi connectivity index (χ0n) is 8.79. The molecule has 0 aromatic heterocycles. The molecule has 0 unspecified atom stereocenters. The maximum atomic E-state index is 12.2. The third-order valence-electron chi connectivity index (χ3n) is 2.11. The molecule has 16 heavy (non-hydrogen) atoms. The normalized spacial score (nSPS) is 10.3. The van der Waals surface area contributed by atoms with Gasteiger partial charge in [-0.1, -0.05) is 6.07 Å². The van der Waals surface area contributed by atoms with Gasteiger partial charge in [-0.3, -0.25) is 4.79 Å². The summed E-state index contributed by atoms with van der Waals surface area (Å²) in [5, 5.41) is 0. The molecule has 0 saturated heterocycles. The molecule has 3 nitrogen and oxygen atoms in total. The first kappa shape index (κ1) is 12.3. The van der Waals surface area contributed by atoms with Crippen molar-refractivity contribution in [3.63, 3.8) is 0 Å². The van der Waals surface area contributed by atoms with Gasteiger partial charge in [0.2, 0.25) is 5.78 Å². The Bertz CT molecular complexity index is 427. The number of hydrogen-bond acceptors (Lipinski definition) is 3. The highest BCUT2D eigenvalue weighted by atomic mass is 19.3. The Morgan fingerprint density at radius 1 is 1.31 bits per heavy atom. The molecule has 0 N–H and O–H groups in total. The second kappa shape index (κ2) is 4.83.